The van der Waals surface area contributed by atoms with Crippen molar-refractivity contribution in [3.05, 3.63) is 41.8 Å². The second kappa shape index (κ2) is 6.10. The van der Waals surface area contributed by atoms with Crippen LogP contribution in [0.25, 0.3) is 11.4 Å². The Morgan fingerprint density at radius 2 is 2.05 bits per heavy atom. The van der Waals surface area contributed by atoms with Crippen LogP contribution in [-0.2, 0) is 0 Å². The topological polar surface area (TPSA) is 75.1 Å². The van der Waals surface area contributed by atoms with Crippen molar-refractivity contribution in [1.82, 2.24) is 9.97 Å². The zero-order chi connectivity index (χ0) is 14.5. The minimum Gasteiger partial charge on any atom is -0.477 e. The number of aromatic nitrogens is 2. The number of halogens is 1. The highest BCUT2D eigenvalue weighted by Crippen LogP contribution is 2.19. The average molecular weight is 275 g/mol. The van der Waals surface area contributed by atoms with Crippen molar-refractivity contribution in [3.63, 3.8) is 0 Å². The van der Waals surface area contributed by atoms with E-state index >= 15 is 0 Å². The fourth-order valence-electron chi connectivity index (χ4n) is 1.65. The lowest BCUT2D eigenvalue weighted by Crippen LogP contribution is -2.10. The second-order valence-corrected chi connectivity index (χ2v) is 4.19. The van der Waals surface area contributed by atoms with E-state index in [-0.39, 0.29) is 17.2 Å². The number of anilines is 1. The first-order chi connectivity index (χ1) is 9.61. The molecule has 6 heteroatoms. The number of nitrogens with one attached hydrogen (secondary N) is 1. The first-order valence-corrected chi connectivity index (χ1v) is 6.22. The van der Waals surface area contributed by atoms with Crippen LogP contribution in [-0.4, -0.2) is 27.6 Å². The lowest BCUT2D eigenvalue weighted by atomic mass is 10.2. The number of rotatable bonds is 5. The molecule has 0 saturated heterocycles. The molecule has 0 fully saturated rings. The van der Waals surface area contributed by atoms with Gasteiger partial charge in [-0.15, -0.1) is 0 Å². The number of benzene rings is 1. The van der Waals surface area contributed by atoms with Crippen LogP contribution in [0.5, 0.6) is 0 Å². The predicted octanol–water partition coefficient (Wildman–Crippen LogP) is 2.80. The van der Waals surface area contributed by atoms with E-state index in [4.69, 9.17) is 5.11 Å². The highest BCUT2D eigenvalue weighted by atomic mass is 19.1. The largest absolute Gasteiger partial charge is 0.477 e. The molecule has 20 heavy (non-hydrogen) atoms. The van der Waals surface area contributed by atoms with Crippen molar-refractivity contribution in [3.8, 4) is 11.4 Å². The third-order valence-corrected chi connectivity index (χ3v) is 2.66. The quantitative estimate of drug-likeness (QED) is 0.877. The summed E-state index contributed by atoms with van der Waals surface area (Å²) in [6.07, 6.45) is 2.10. The van der Waals surface area contributed by atoms with E-state index in [2.05, 4.69) is 15.3 Å². The molecule has 0 radical (unpaired) electrons. The van der Waals surface area contributed by atoms with Crippen molar-refractivity contribution in [2.45, 2.75) is 13.3 Å². The third-order valence-electron chi connectivity index (χ3n) is 2.66. The Morgan fingerprint density at radius 3 is 2.65 bits per heavy atom. The Bertz CT molecular complexity index is 614. The van der Waals surface area contributed by atoms with E-state index in [0.29, 0.717) is 17.9 Å². The molecule has 0 saturated carbocycles. The molecule has 104 valence electrons. The molecule has 0 aliphatic carbocycles. The Hall–Kier alpha value is -2.50. The van der Waals surface area contributed by atoms with Crippen molar-refractivity contribution in [2.75, 3.05) is 11.9 Å². The first kappa shape index (κ1) is 13.9. The number of carboxylic acid groups (broad SMARTS) is 1. The van der Waals surface area contributed by atoms with Gasteiger partial charge in [0.15, 0.2) is 5.82 Å². The van der Waals surface area contributed by atoms with Gasteiger partial charge in [-0.1, -0.05) is 6.92 Å². The number of nitrogens with zero attached hydrogens (tertiary/aromatic N) is 2. The fraction of sp³-hybridized carbons (Fsp3) is 0.214. The Kier molecular flexibility index (Phi) is 4.24. The molecule has 2 rings (SSSR count). The lowest BCUT2D eigenvalue weighted by Gasteiger charge is -2.09. The maximum Gasteiger partial charge on any atom is 0.341 e. The van der Waals surface area contributed by atoms with Gasteiger partial charge in [-0.05, 0) is 30.7 Å². The van der Waals surface area contributed by atoms with Crippen molar-refractivity contribution in [2.24, 2.45) is 0 Å². The summed E-state index contributed by atoms with van der Waals surface area (Å²) in [6, 6.07) is 5.72. The summed E-state index contributed by atoms with van der Waals surface area (Å²) < 4.78 is 12.9. The fourth-order valence-corrected chi connectivity index (χ4v) is 1.65. The van der Waals surface area contributed by atoms with Crippen molar-refractivity contribution >= 4 is 11.8 Å². The summed E-state index contributed by atoms with van der Waals surface area (Å²) in [5, 5.41) is 12.1. The van der Waals surface area contributed by atoms with Crippen LogP contribution < -0.4 is 5.32 Å². The van der Waals surface area contributed by atoms with Gasteiger partial charge in [-0.2, -0.15) is 0 Å². The van der Waals surface area contributed by atoms with Gasteiger partial charge in [0.1, 0.15) is 17.2 Å². The normalized spacial score (nSPS) is 10.3. The summed E-state index contributed by atoms with van der Waals surface area (Å²) >= 11 is 0. The zero-order valence-corrected chi connectivity index (χ0v) is 10.9. The molecule has 0 spiro atoms. The van der Waals surface area contributed by atoms with Crippen LogP contribution in [0, 0.1) is 5.82 Å². The highest BCUT2D eigenvalue weighted by molar-refractivity contribution is 5.93. The number of carboxylic acids is 1. The van der Waals surface area contributed by atoms with E-state index in [1.54, 1.807) is 12.1 Å². The molecule has 0 bridgehead atoms. The highest BCUT2D eigenvalue weighted by Gasteiger charge is 2.14. The summed E-state index contributed by atoms with van der Waals surface area (Å²) in [7, 11) is 0. The van der Waals surface area contributed by atoms with E-state index in [0.717, 1.165) is 6.42 Å². The lowest BCUT2D eigenvalue weighted by molar-refractivity contribution is 0.0697. The maximum atomic E-state index is 12.9. The minimum atomic E-state index is -1.09. The monoisotopic (exact) mass is 275 g/mol. The molecule has 1 aromatic carbocycles. The number of hydrogen-bond acceptors (Lipinski definition) is 4. The van der Waals surface area contributed by atoms with E-state index in [1.165, 1.54) is 18.3 Å². The van der Waals surface area contributed by atoms with Crippen LogP contribution >= 0.6 is 0 Å². The molecule has 2 N–H and O–H groups in total. The van der Waals surface area contributed by atoms with Crippen LogP contribution in [0.2, 0.25) is 0 Å². The van der Waals surface area contributed by atoms with Crippen LogP contribution in [0.4, 0.5) is 10.2 Å². The molecule has 2 aromatic rings. The molecule has 0 unspecified atom stereocenters. The summed E-state index contributed by atoms with van der Waals surface area (Å²) in [4.78, 5) is 19.3. The van der Waals surface area contributed by atoms with Gasteiger partial charge in [-0.3, -0.25) is 0 Å². The molecule has 0 aliphatic rings. The molecule has 0 aliphatic heterocycles. The smallest absolute Gasteiger partial charge is 0.341 e. The van der Waals surface area contributed by atoms with E-state index in [9.17, 15) is 9.18 Å². The zero-order valence-electron chi connectivity index (χ0n) is 10.9. The van der Waals surface area contributed by atoms with Crippen molar-refractivity contribution in [1.29, 1.82) is 0 Å². The molecular formula is C14H14FN3O2. The van der Waals surface area contributed by atoms with Crippen molar-refractivity contribution < 1.29 is 14.3 Å². The molecule has 1 aromatic heterocycles. The van der Waals surface area contributed by atoms with Gasteiger partial charge in [0.25, 0.3) is 0 Å². The standard InChI is InChI=1S/C14H14FN3O2/c1-2-7-16-13-11(14(19)20)8-17-12(18-13)9-3-5-10(15)6-4-9/h3-6,8H,2,7H2,1H3,(H,19,20)(H,16,17,18). The number of hydrogen-bond donors (Lipinski definition) is 2. The molecule has 1 heterocycles. The van der Waals surface area contributed by atoms with Gasteiger partial charge in [0, 0.05) is 18.3 Å². The second-order valence-electron chi connectivity index (χ2n) is 4.19. The Morgan fingerprint density at radius 1 is 1.35 bits per heavy atom. The minimum absolute atomic E-state index is 0.0179. The first-order valence-electron chi connectivity index (χ1n) is 6.22. The molecule has 0 amide bonds. The average Bonchev–Trinajstić information content (AvgIpc) is 2.45. The summed E-state index contributed by atoms with van der Waals surface area (Å²) in [6.45, 7) is 2.58. The maximum absolute atomic E-state index is 12.9. The predicted molar refractivity (Wildman–Crippen MR) is 73.2 cm³/mol. The third kappa shape index (κ3) is 3.09. The molecular weight excluding hydrogens is 261 g/mol. The van der Waals surface area contributed by atoms with Gasteiger partial charge in [0.2, 0.25) is 0 Å². The van der Waals surface area contributed by atoms with Gasteiger partial charge >= 0.3 is 5.97 Å². The molecule has 5 nitrogen and oxygen atoms in total. The van der Waals surface area contributed by atoms with E-state index < -0.39 is 5.97 Å². The number of aromatic carboxylic acids is 1. The Labute approximate surface area is 115 Å². The van der Waals surface area contributed by atoms with Gasteiger partial charge in [0.05, 0.1) is 0 Å². The van der Waals surface area contributed by atoms with Crippen LogP contribution in [0.1, 0.15) is 23.7 Å². The summed E-state index contributed by atoms with van der Waals surface area (Å²) in [5.74, 6) is -0.809. The van der Waals surface area contributed by atoms with Crippen LogP contribution in [0.3, 0.4) is 0 Å². The van der Waals surface area contributed by atoms with Gasteiger partial charge in [-0.25, -0.2) is 19.2 Å². The van der Waals surface area contributed by atoms with Crippen LogP contribution in [0.15, 0.2) is 30.5 Å². The molecule has 0 atom stereocenters. The summed E-state index contributed by atoms with van der Waals surface area (Å²) in [5.41, 5.74) is 0.646. The van der Waals surface area contributed by atoms with E-state index in [1.807, 2.05) is 6.92 Å². The number of carbonyl (C=O) groups is 1. The SMILES string of the molecule is CCCNc1nc(-c2ccc(F)cc2)ncc1C(=O)O. The Balaban J connectivity index is 2.40. The van der Waals surface area contributed by atoms with Gasteiger partial charge < -0.3 is 10.4 Å².